The summed E-state index contributed by atoms with van der Waals surface area (Å²) in [6.07, 6.45) is 14.1. The molecule has 0 aliphatic heterocycles. The predicted molar refractivity (Wildman–Crippen MR) is 79.3 cm³/mol. The summed E-state index contributed by atoms with van der Waals surface area (Å²) < 4.78 is 4.50. The second kappa shape index (κ2) is 6.73. The molecule has 1 aliphatic carbocycles. The van der Waals surface area contributed by atoms with Crippen LogP contribution in [-0.2, 0) is 6.42 Å². The Morgan fingerprint density at radius 3 is 2.61 bits per heavy atom. The highest BCUT2D eigenvalue weighted by Crippen LogP contribution is 2.29. The summed E-state index contributed by atoms with van der Waals surface area (Å²) in [6, 6.07) is 2.31. The molecule has 0 amide bonds. The minimum absolute atomic E-state index is 0.219. The number of hydrogen-bond acceptors (Lipinski definition) is 4. The van der Waals surface area contributed by atoms with E-state index in [0.717, 1.165) is 27.4 Å². The second-order valence-corrected chi connectivity index (χ2v) is 6.05. The van der Waals surface area contributed by atoms with E-state index >= 15 is 0 Å². The second-order valence-electron chi connectivity index (χ2n) is 3.83. The summed E-state index contributed by atoms with van der Waals surface area (Å²) in [6.45, 7) is 2.07. The smallest absolute Gasteiger partial charge is 0.160 e. The average Bonchev–Trinajstić information content (AvgIpc) is 2.62. The molecule has 0 radical (unpaired) electrons. The van der Waals surface area contributed by atoms with Crippen LogP contribution in [0, 0.1) is 0 Å². The third-order valence-electron chi connectivity index (χ3n) is 2.57. The van der Waals surface area contributed by atoms with E-state index in [4.69, 9.17) is 0 Å². The molecule has 1 aromatic heterocycles. The van der Waals surface area contributed by atoms with Crippen molar-refractivity contribution >= 4 is 29.6 Å². The van der Waals surface area contributed by atoms with Crippen LogP contribution in [0.2, 0.25) is 0 Å². The molecule has 94 valence electrons. The largest absolute Gasteiger partial charge is 0.297 e. The molecule has 2 nitrogen and oxygen atoms in total. The summed E-state index contributed by atoms with van der Waals surface area (Å²) >= 11 is 3.13. The molecular weight excluding hydrogens is 262 g/mol. The van der Waals surface area contributed by atoms with Crippen LogP contribution in [0.5, 0.6) is 0 Å². The molecule has 0 bridgehead atoms. The molecule has 0 fully saturated rings. The lowest BCUT2D eigenvalue weighted by Gasteiger charge is -2.07. The average molecular weight is 277 g/mol. The van der Waals surface area contributed by atoms with Crippen molar-refractivity contribution in [3.63, 3.8) is 0 Å². The highest BCUT2D eigenvalue weighted by Gasteiger charge is 2.08. The Balaban J connectivity index is 1.97. The summed E-state index contributed by atoms with van der Waals surface area (Å²) in [4.78, 5) is 11.7. The minimum Gasteiger partial charge on any atom is -0.297 e. The van der Waals surface area contributed by atoms with Crippen LogP contribution < -0.4 is 4.72 Å². The zero-order valence-corrected chi connectivity index (χ0v) is 11.8. The molecule has 0 spiro atoms. The van der Waals surface area contributed by atoms with Crippen LogP contribution >= 0.6 is 23.3 Å². The first kappa shape index (κ1) is 13.3. The molecule has 1 heterocycles. The van der Waals surface area contributed by atoms with Gasteiger partial charge in [0.15, 0.2) is 6.29 Å². The predicted octanol–water partition coefficient (Wildman–Crippen LogP) is 3.77. The number of carbonyl (C=O) groups is 1. The van der Waals surface area contributed by atoms with E-state index in [1.807, 2.05) is 24.3 Å². The first-order valence-corrected chi connectivity index (χ1v) is 7.48. The van der Waals surface area contributed by atoms with Crippen molar-refractivity contribution < 1.29 is 4.79 Å². The van der Waals surface area contributed by atoms with E-state index < -0.39 is 0 Å². The number of thiophene rings is 1. The van der Waals surface area contributed by atoms with Gasteiger partial charge in [-0.3, -0.25) is 4.79 Å². The van der Waals surface area contributed by atoms with Gasteiger partial charge in [0.2, 0.25) is 0 Å². The maximum absolute atomic E-state index is 10.9. The van der Waals surface area contributed by atoms with Gasteiger partial charge in [0.25, 0.3) is 0 Å². The molecule has 1 aromatic rings. The quantitative estimate of drug-likeness (QED) is 0.656. The van der Waals surface area contributed by atoms with Gasteiger partial charge in [-0.1, -0.05) is 43.4 Å². The Bertz CT molecular complexity index is 484. The van der Waals surface area contributed by atoms with Crippen molar-refractivity contribution in [2.24, 2.45) is 0 Å². The molecular formula is C14H15NOS2. The van der Waals surface area contributed by atoms with Crippen molar-refractivity contribution in [1.82, 2.24) is 4.72 Å². The molecule has 0 unspecified atom stereocenters. The molecule has 4 heteroatoms. The van der Waals surface area contributed by atoms with Crippen LogP contribution in [0.25, 0.3) is 0 Å². The van der Waals surface area contributed by atoms with E-state index in [9.17, 15) is 4.79 Å². The fraction of sp³-hybridized carbons (Fsp3) is 0.214. The van der Waals surface area contributed by atoms with Crippen molar-refractivity contribution in [2.45, 2.75) is 23.6 Å². The summed E-state index contributed by atoms with van der Waals surface area (Å²) in [7, 11) is 0. The first-order chi connectivity index (χ1) is 8.83. The van der Waals surface area contributed by atoms with Gasteiger partial charge < -0.3 is 0 Å². The van der Waals surface area contributed by atoms with Gasteiger partial charge in [-0.2, -0.15) is 0 Å². The number of carbonyl (C=O) groups excluding carboxylic acids is 1. The SMILES string of the molecule is CCc1cc(SNC2C=CC=CC=C2)sc1C=O. The minimum atomic E-state index is 0.219. The lowest BCUT2D eigenvalue weighted by Crippen LogP contribution is -2.16. The number of nitrogens with one attached hydrogen (secondary N) is 1. The molecule has 2 rings (SSSR count). The molecule has 0 aromatic carbocycles. The number of rotatable bonds is 5. The zero-order valence-electron chi connectivity index (χ0n) is 10.1. The third kappa shape index (κ3) is 3.45. The Hall–Kier alpha value is -1.10. The molecule has 0 saturated heterocycles. The highest BCUT2D eigenvalue weighted by atomic mass is 32.2. The van der Waals surface area contributed by atoms with Gasteiger partial charge in [-0.25, -0.2) is 4.72 Å². The van der Waals surface area contributed by atoms with E-state index in [1.54, 1.807) is 23.3 Å². The Morgan fingerprint density at radius 1 is 1.33 bits per heavy atom. The Labute approximate surface area is 116 Å². The molecule has 18 heavy (non-hydrogen) atoms. The number of allylic oxidation sites excluding steroid dienone is 4. The van der Waals surface area contributed by atoms with Gasteiger partial charge in [-0.15, -0.1) is 11.3 Å². The topological polar surface area (TPSA) is 29.1 Å². The fourth-order valence-corrected chi connectivity index (χ4v) is 3.60. The summed E-state index contributed by atoms with van der Waals surface area (Å²) in [5, 5.41) is 0. The van der Waals surface area contributed by atoms with E-state index in [2.05, 4.69) is 29.9 Å². The van der Waals surface area contributed by atoms with E-state index in [0.29, 0.717) is 0 Å². The van der Waals surface area contributed by atoms with Gasteiger partial charge >= 0.3 is 0 Å². The monoisotopic (exact) mass is 277 g/mol. The molecule has 0 saturated carbocycles. The van der Waals surface area contributed by atoms with Gasteiger partial charge in [0, 0.05) is 0 Å². The highest BCUT2D eigenvalue weighted by molar-refractivity contribution is 7.99. The lowest BCUT2D eigenvalue weighted by molar-refractivity contribution is 0.112. The maximum Gasteiger partial charge on any atom is 0.160 e. The first-order valence-electron chi connectivity index (χ1n) is 5.85. The maximum atomic E-state index is 10.9. The Morgan fingerprint density at radius 2 is 2.06 bits per heavy atom. The zero-order chi connectivity index (χ0) is 12.8. The van der Waals surface area contributed by atoms with Crippen LogP contribution in [-0.4, -0.2) is 12.3 Å². The fourth-order valence-electron chi connectivity index (χ4n) is 1.61. The molecule has 0 atom stereocenters. The standard InChI is InChI=1S/C14H15NOS2/c1-2-11-9-14(17-13(11)10-16)18-15-12-7-5-3-4-6-8-12/h3-10,12,15H,2H2,1H3. The van der Waals surface area contributed by atoms with Crippen molar-refractivity contribution in [3.8, 4) is 0 Å². The van der Waals surface area contributed by atoms with Crippen LogP contribution in [0.4, 0.5) is 0 Å². The number of hydrogen-bond donors (Lipinski definition) is 1. The Kier molecular flexibility index (Phi) is 4.99. The molecule has 1 N–H and O–H groups in total. The number of aryl methyl sites for hydroxylation is 1. The van der Waals surface area contributed by atoms with Crippen molar-refractivity contribution in [1.29, 1.82) is 0 Å². The van der Waals surface area contributed by atoms with E-state index in [-0.39, 0.29) is 6.04 Å². The van der Waals surface area contributed by atoms with Gasteiger partial charge in [-0.05, 0) is 30.0 Å². The lowest BCUT2D eigenvalue weighted by atomic mass is 10.2. The summed E-state index contributed by atoms with van der Waals surface area (Å²) in [5.74, 6) is 0. The van der Waals surface area contributed by atoms with Crippen LogP contribution in [0.1, 0.15) is 22.2 Å². The van der Waals surface area contributed by atoms with Gasteiger partial charge in [0.05, 0.1) is 15.1 Å². The summed E-state index contributed by atoms with van der Waals surface area (Å²) in [5.41, 5.74) is 1.13. The van der Waals surface area contributed by atoms with Crippen molar-refractivity contribution in [3.05, 3.63) is 53.0 Å². The normalized spacial score (nSPS) is 14.9. The van der Waals surface area contributed by atoms with Crippen LogP contribution in [0.15, 0.2) is 46.7 Å². The van der Waals surface area contributed by atoms with Crippen molar-refractivity contribution in [2.75, 3.05) is 0 Å². The third-order valence-corrected chi connectivity index (χ3v) is 4.68. The van der Waals surface area contributed by atoms with Gasteiger partial charge in [0.1, 0.15) is 0 Å². The molecule has 1 aliphatic rings. The van der Waals surface area contributed by atoms with E-state index in [1.165, 1.54) is 0 Å². The number of aldehydes is 1. The van der Waals surface area contributed by atoms with Crippen LogP contribution in [0.3, 0.4) is 0 Å².